The first-order chi connectivity index (χ1) is 10.9. The Bertz CT molecular complexity index is 778. The van der Waals surface area contributed by atoms with E-state index in [2.05, 4.69) is 26.4 Å². The van der Waals surface area contributed by atoms with Crippen LogP contribution >= 0.6 is 0 Å². The van der Waals surface area contributed by atoms with E-state index >= 15 is 0 Å². The van der Waals surface area contributed by atoms with Crippen LogP contribution in [0.2, 0.25) is 0 Å². The summed E-state index contributed by atoms with van der Waals surface area (Å²) in [5, 5.41) is 7.91. The van der Waals surface area contributed by atoms with Crippen LogP contribution in [0.15, 0.2) is 43.0 Å². The van der Waals surface area contributed by atoms with E-state index in [4.69, 9.17) is 4.74 Å². The van der Waals surface area contributed by atoms with E-state index in [1.807, 2.05) is 29.1 Å². The molecule has 0 aliphatic carbocycles. The number of fused-ring (bicyclic) bond motifs is 1. The summed E-state index contributed by atoms with van der Waals surface area (Å²) in [6, 6.07) is 7.99. The first-order valence-corrected chi connectivity index (χ1v) is 7.30. The number of imidazole rings is 1. The van der Waals surface area contributed by atoms with Crippen molar-refractivity contribution in [3.8, 4) is 11.4 Å². The lowest BCUT2D eigenvalue weighted by molar-refractivity contribution is 0.413. The number of nitrogens with one attached hydrogen (secondary N) is 2. The van der Waals surface area contributed by atoms with Gasteiger partial charge in [-0.25, -0.2) is 9.67 Å². The fourth-order valence-electron chi connectivity index (χ4n) is 2.99. The highest BCUT2D eigenvalue weighted by Gasteiger charge is 2.26. The molecule has 2 aromatic heterocycles. The Morgan fingerprint density at radius 3 is 3.14 bits per heavy atom. The van der Waals surface area contributed by atoms with Crippen LogP contribution in [0.4, 0.5) is 0 Å². The van der Waals surface area contributed by atoms with Gasteiger partial charge in [-0.1, -0.05) is 0 Å². The van der Waals surface area contributed by atoms with E-state index in [1.54, 1.807) is 19.6 Å². The summed E-state index contributed by atoms with van der Waals surface area (Å²) in [6.45, 7) is 0.912. The van der Waals surface area contributed by atoms with Gasteiger partial charge in [0, 0.05) is 36.6 Å². The van der Waals surface area contributed by atoms with Gasteiger partial charge in [-0.15, -0.1) is 0 Å². The molecule has 0 unspecified atom stereocenters. The van der Waals surface area contributed by atoms with Crippen molar-refractivity contribution in [2.75, 3.05) is 13.7 Å². The predicted molar refractivity (Wildman–Crippen MR) is 82.3 cm³/mol. The normalized spacial score (nSPS) is 17.2. The number of hydrogen-bond donors (Lipinski definition) is 2. The summed E-state index contributed by atoms with van der Waals surface area (Å²) in [7, 11) is 1.68. The van der Waals surface area contributed by atoms with E-state index in [-0.39, 0.29) is 6.04 Å². The largest absolute Gasteiger partial charge is 0.497 e. The van der Waals surface area contributed by atoms with Gasteiger partial charge in [0.2, 0.25) is 0 Å². The van der Waals surface area contributed by atoms with Crippen LogP contribution in [0.3, 0.4) is 0 Å². The lowest BCUT2D eigenvalue weighted by Crippen LogP contribution is -2.31. The molecule has 2 N–H and O–H groups in total. The summed E-state index contributed by atoms with van der Waals surface area (Å²) in [5.41, 5.74) is 4.38. The lowest BCUT2D eigenvalue weighted by atomic mass is 9.96. The molecule has 1 aliphatic rings. The summed E-state index contributed by atoms with van der Waals surface area (Å²) < 4.78 is 7.27. The Labute approximate surface area is 128 Å². The van der Waals surface area contributed by atoms with Gasteiger partial charge in [-0.3, -0.25) is 0 Å². The molecule has 0 fully saturated rings. The van der Waals surface area contributed by atoms with Crippen LogP contribution in [0.1, 0.15) is 23.0 Å². The third-order valence-corrected chi connectivity index (χ3v) is 4.05. The van der Waals surface area contributed by atoms with Crippen LogP contribution in [0, 0.1) is 0 Å². The van der Waals surface area contributed by atoms with E-state index in [0.717, 1.165) is 35.7 Å². The van der Waals surface area contributed by atoms with E-state index in [9.17, 15) is 0 Å². The van der Waals surface area contributed by atoms with Gasteiger partial charge in [-0.05, 0) is 24.3 Å². The zero-order chi connectivity index (χ0) is 14.9. The number of H-pyrrole nitrogens is 1. The minimum atomic E-state index is 0.0318. The molecule has 0 spiro atoms. The summed E-state index contributed by atoms with van der Waals surface area (Å²) >= 11 is 0. The van der Waals surface area contributed by atoms with Crippen LogP contribution in [0.5, 0.6) is 5.75 Å². The second kappa shape index (κ2) is 5.31. The topological polar surface area (TPSA) is 67.8 Å². The van der Waals surface area contributed by atoms with Crippen molar-refractivity contribution in [3.05, 3.63) is 59.9 Å². The summed E-state index contributed by atoms with van der Waals surface area (Å²) in [5.74, 6) is 0.829. The number of aromatic amines is 1. The smallest absolute Gasteiger partial charge is 0.119 e. The highest BCUT2D eigenvalue weighted by molar-refractivity contribution is 5.50. The highest BCUT2D eigenvalue weighted by Crippen LogP contribution is 2.32. The fraction of sp³-hybridized carbons (Fsp3) is 0.250. The standard InChI is InChI=1S/C16H17N5O/c1-22-11-3-4-14(21-8-2-6-20-21)12(9-11)15-16-13(5-7-17-15)18-10-19-16/h2-4,6,8-10,15,17H,5,7H2,1H3,(H,18,19)/t15-/m0/s1. The van der Waals surface area contributed by atoms with Crippen molar-refractivity contribution in [1.29, 1.82) is 0 Å². The summed E-state index contributed by atoms with van der Waals surface area (Å²) in [4.78, 5) is 7.74. The number of hydrogen-bond acceptors (Lipinski definition) is 4. The third kappa shape index (κ3) is 2.08. The van der Waals surface area contributed by atoms with Gasteiger partial charge in [0.25, 0.3) is 0 Å². The van der Waals surface area contributed by atoms with Gasteiger partial charge in [0.15, 0.2) is 0 Å². The Hall–Kier alpha value is -2.60. The van der Waals surface area contributed by atoms with Gasteiger partial charge in [0.1, 0.15) is 5.75 Å². The fourth-order valence-corrected chi connectivity index (χ4v) is 2.99. The number of aromatic nitrogens is 4. The van der Waals surface area contributed by atoms with Gasteiger partial charge in [0.05, 0.1) is 30.9 Å². The average molecular weight is 295 g/mol. The van der Waals surface area contributed by atoms with Crippen molar-refractivity contribution in [2.24, 2.45) is 0 Å². The molecule has 0 saturated carbocycles. The molecule has 1 aromatic carbocycles. The van der Waals surface area contributed by atoms with Crippen molar-refractivity contribution in [2.45, 2.75) is 12.5 Å². The number of ether oxygens (including phenoxy) is 1. The van der Waals surface area contributed by atoms with Crippen molar-refractivity contribution in [1.82, 2.24) is 25.1 Å². The van der Waals surface area contributed by atoms with Crippen LogP contribution < -0.4 is 10.1 Å². The molecule has 0 saturated heterocycles. The highest BCUT2D eigenvalue weighted by atomic mass is 16.5. The molecule has 3 aromatic rings. The van der Waals surface area contributed by atoms with Crippen LogP contribution in [0.25, 0.3) is 5.69 Å². The van der Waals surface area contributed by atoms with Crippen LogP contribution in [-0.2, 0) is 6.42 Å². The molecule has 6 heteroatoms. The molecule has 0 bridgehead atoms. The molecule has 4 rings (SSSR count). The van der Waals surface area contributed by atoms with E-state index in [0.29, 0.717) is 0 Å². The minimum absolute atomic E-state index is 0.0318. The maximum Gasteiger partial charge on any atom is 0.119 e. The van der Waals surface area contributed by atoms with Crippen molar-refractivity contribution < 1.29 is 4.74 Å². The Balaban J connectivity index is 1.87. The Morgan fingerprint density at radius 1 is 1.36 bits per heavy atom. The lowest BCUT2D eigenvalue weighted by Gasteiger charge is -2.25. The molecule has 112 valence electrons. The Morgan fingerprint density at radius 2 is 2.32 bits per heavy atom. The molecule has 22 heavy (non-hydrogen) atoms. The molecule has 0 radical (unpaired) electrons. The van der Waals surface area contributed by atoms with Crippen LogP contribution in [-0.4, -0.2) is 33.4 Å². The molecular weight excluding hydrogens is 278 g/mol. The van der Waals surface area contributed by atoms with E-state index in [1.165, 1.54) is 5.69 Å². The average Bonchev–Trinajstić information content (AvgIpc) is 3.25. The SMILES string of the molecule is COc1ccc(-n2cccn2)c([C@@H]2NCCc3[nH]cnc32)c1. The second-order valence-electron chi connectivity index (χ2n) is 5.28. The minimum Gasteiger partial charge on any atom is -0.497 e. The number of rotatable bonds is 3. The van der Waals surface area contributed by atoms with Gasteiger partial charge >= 0.3 is 0 Å². The molecule has 1 atom stereocenters. The quantitative estimate of drug-likeness (QED) is 0.773. The summed E-state index contributed by atoms with van der Waals surface area (Å²) in [6.07, 6.45) is 6.45. The Kier molecular flexibility index (Phi) is 3.16. The maximum atomic E-state index is 5.40. The number of methoxy groups -OCH3 is 1. The zero-order valence-electron chi connectivity index (χ0n) is 12.3. The molecule has 0 amide bonds. The zero-order valence-corrected chi connectivity index (χ0v) is 12.3. The first kappa shape index (κ1) is 13.1. The molecule has 1 aliphatic heterocycles. The molecule has 6 nitrogen and oxygen atoms in total. The predicted octanol–water partition coefficient (Wildman–Crippen LogP) is 1.84. The molecular formula is C16H17N5O. The van der Waals surface area contributed by atoms with Gasteiger partial charge < -0.3 is 15.0 Å². The number of nitrogens with zero attached hydrogens (tertiary/aromatic N) is 3. The first-order valence-electron chi connectivity index (χ1n) is 7.30. The molecule has 3 heterocycles. The van der Waals surface area contributed by atoms with Gasteiger partial charge in [-0.2, -0.15) is 5.10 Å². The van der Waals surface area contributed by atoms with Crippen molar-refractivity contribution >= 4 is 0 Å². The van der Waals surface area contributed by atoms with E-state index < -0.39 is 0 Å². The maximum absolute atomic E-state index is 5.40. The number of benzene rings is 1. The third-order valence-electron chi connectivity index (χ3n) is 4.05. The van der Waals surface area contributed by atoms with Crippen molar-refractivity contribution in [3.63, 3.8) is 0 Å². The monoisotopic (exact) mass is 295 g/mol. The second-order valence-corrected chi connectivity index (χ2v) is 5.28.